The second-order valence-corrected chi connectivity index (χ2v) is 4.96. The molecule has 2 N–H and O–H groups in total. The van der Waals surface area contributed by atoms with E-state index in [0.717, 1.165) is 12.8 Å². The molecule has 100 valence electrons. The quantitative estimate of drug-likeness (QED) is 0.790. The summed E-state index contributed by atoms with van der Waals surface area (Å²) < 4.78 is 0. The first-order chi connectivity index (χ1) is 8.56. The number of carboxylic acids is 1. The summed E-state index contributed by atoms with van der Waals surface area (Å²) in [5.74, 6) is -0.940. The fourth-order valence-corrected chi connectivity index (χ4v) is 2.23. The maximum Gasteiger partial charge on any atom is 0.303 e. The third-order valence-corrected chi connectivity index (χ3v) is 3.50. The number of carbonyl (C=O) groups is 2. The molecule has 0 aliphatic rings. The molecule has 0 bridgehead atoms. The summed E-state index contributed by atoms with van der Waals surface area (Å²) in [7, 11) is 0. The lowest BCUT2D eigenvalue weighted by Gasteiger charge is -2.09. The van der Waals surface area contributed by atoms with Gasteiger partial charge in [0.25, 0.3) is 0 Å². The number of carboxylic acid groups (broad SMARTS) is 1. The highest BCUT2D eigenvalue weighted by Gasteiger charge is 2.16. The van der Waals surface area contributed by atoms with E-state index in [9.17, 15) is 9.59 Å². The average Bonchev–Trinajstić information content (AvgIpc) is 2.75. The molecular weight excluding hydrogens is 254 g/mol. The van der Waals surface area contributed by atoms with E-state index in [4.69, 9.17) is 5.11 Å². The molecule has 6 nitrogen and oxygen atoms in total. The van der Waals surface area contributed by atoms with Gasteiger partial charge >= 0.3 is 5.97 Å². The number of carbonyl (C=O) groups excluding carboxylic acids is 1. The van der Waals surface area contributed by atoms with E-state index >= 15 is 0 Å². The van der Waals surface area contributed by atoms with Crippen molar-refractivity contribution in [3.05, 3.63) is 5.01 Å². The molecule has 1 heterocycles. The molecule has 0 aliphatic heterocycles. The zero-order chi connectivity index (χ0) is 13.5. The summed E-state index contributed by atoms with van der Waals surface area (Å²) in [6.07, 6.45) is 1.93. The molecule has 0 aromatic carbocycles. The van der Waals surface area contributed by atoms with E-state index in [1.807, 2.05) is 13.8 Å². The molecular formula is C11H17N3O3S. The van der Waals surface area contributed by atoms with E-state index in [1.54, 1.807) is 0 Å². The van der Waals surface area contributed by atoms with Crippen molar-refractivity contribution in [1.82, 2.24) is 10.2 Å². The number of nitrogens with zero attached hydrogens (tertiary/aromatic N) is 2. The van der Waals surface area contributed by atoms with Crippen molar-refractivity contribution in [2.75, 3.05) is 5.32 Å². The molecule has 18 heavy (non-hydrogen) atoms. The van der Waals surface area contributed by atoms with Gasteiger partial charge in [-0.1, -0.05) is 25.2 Å². The van der Waals surface area contributed by atoms with Crippen LogP contribution in [0, 0.1) is 5.92 Å². The van der Waals surface area contributed by atoms with Crippen molar-refractivity contribution in [3.8, 4) is 0 Å². The zero-order valence-corrected chi connectivity index (χ0v) is 11.3. The monoisotopic (exact) mass is 271 g/mol. The van der Waals surface area contributed by atoms with E-state index in [2.05, 4.69) is 15.5 Å². The largest absolute Gasteiger partial charge is 0.481 e. The molecule has 0 atom stereocenters. The van der Waals surface area contributed by atoms with Gasteiger partial charge in [0.05, 0.1) is 6.42 Å². The van der Waals surface area contributed by atoms with Crippen LogP contribution in [0.3, 0.4) is 0 Å². The van der Waals surface area contributed by atoms with E-state index in [0.29, 0.717) is 16.6 Å². The molecule has 7 heteroatoms. The number of amides is 1. The Bertz CT molecular complexity index is 415. The molecule has 1 aromatic rings. The summed E-state index contributed by atoms with van der Waals surface area (Å²) in [4.78, 5) is 22.2. The standard InChI is InChI=1S/C11H17N3O3S/c1-3-7(4-2)10(17)12-11-14-13-8(18-11)5-6-9(15)16/h7H,3-6H2,1-2H3,(H,15,16)(H,12,14,17). The van der Waals surface area contributed by atoms with E-state index in [-0.39, 0.29) is 18.2 Å². The fourth-order valence-electron chi connectivity index (χ4n) is 1.49. The van der Waals surface area contributed by atoms with Crippen molar-refractivity contribution in [3.63, 3.8) is 0 Å². The minimum Gasteiger partial charge on any atom is -0.481 e. The first-order valence-corrected chi connectivity index (χ1v) is 6.73. The Balaban J connectivity index is 2.53. The Morgan fingerprint density at radius 2 is 2.00 bits per heavy atom. The maximum absolute atomic E-state index is 11.8. The van der Waals surface area contributed by atoms with Crippen LogP contribution in [-0.4, -0.2) is 27.2 Å². The van der Waals surface area contributed by atoms with Gasteiger partial charge in [0.1, 0.15) is 5.01 Å². The summed E-state index contributed by atoms with van der Waals surface area (Å²) >= 11 is 1.22. The number of hydrogen-bond donors (Lipinski definition) is 2. The summed E-state index contributed by atoms with van der Waals surface area (Å²) in [6.45, 7) is 3.93. The van der Waals surface area contributed by atoms with Crippen molar-refractivity contribution < 1.29 is 14.7 Å². The number of rotatable bonds is 7. The lowest BCUT2D eigenvalue weighted by atomic mass is 10.0. The number of nitrogens with one attached hydrogen (secondary N) is 1. The van der Waals surface area contributed by atoms with Gasteiger partial charge < -0.3 is 10.4 Å². The number of aryl methyl sites for hydroxylation is 1. The minimum atomic E-state index is -0.868. The highest BCUT2D eigenvalue weighted by molar-refractivity contribution is 7.15. The van der Waals surface area contributed by atoms with E-state index in [1.165, 1.54) is 11.3 Å². The molecule has 1 aromatic heterocycles. The third kappa shape index (κ3) is 4.40. The van der Waals surface area contributed by atoms with Crippen LogP contribution in [0.1, 0.15) is 38.1 Å². The summed E-state index contributed by atoms with van der Waals surface area (Å²) in [5, 5.41) is 20.0. The van der Waals surface area contributed by atoms with Crippen molar-refractivity contribution in [2.24, 2.45) is 5.92 Å². The lowest BCUT2D eigenvalue weighted by Crippen LogP contribution is -2.21. The van der Waals surface area contributed by atoms with Crippen LogP contribution in [-0.2, 0) is 16.0 Å². The topological polar surface area (TPSA) is 92.2 Å². The normalized spacial score (nSPS) is 10.6. The summed E-state index contributed by atoms with van der Waals surface area (Å²) in [5.41, 5.74) is 0. The Labute approximate surface area is 109 Å². The fraction of sp³-hybridized carbons (Fsp3) is 0.636. The maximum atomic E-state index is 11.8. The van der Waals surface area contributed by atoms with Crippen LogP contribution >= 0.6 is 11.3 Å². The SMILES string of the molecule is CCC(CC)C(=O)Nc1nnc(CCC(=O)O)s1. The van der Waals surface area contributed by atoms with Crippen LogP contribution < -0.4 is 5.32 Å². The molecule has 0 unspecified atom stereocenters. The van der Waals surface area contributed by atoms with Gasteiger partial charge in [-0.05, 0) is 12.8 Å². The molecule has 0 aliphatic carbocycles. The summed E-state index contributed by atoms with van der Waals surface area (Å²) in [6, 6.07) is 0. The Morgan fingerprint density at radius 3 is 2.56 bits per heavy atom. The predicted octanol–water partition coefficient (Wildman–Crippen LogP) is 1.93. The van der Waals surface area contributed by atoms with Crippen LogP contribution in [0.5, 0.6) is 0 Å². The molecule has 1 rings (SSSR count). The molecule has 0 spiro atoms. The second-order valence-electron chi connectivity index (χ2n) is 3.90. The predicted molar refractivity (Wildman–Crippen MR) is 68.6 cm³/mol. The van der Waals surface area contributed by atoms with Crippen LogP contribution in [0.2, 0.25) is 0 Å². The van der Waals surface area contributed by atoms with Gasteiger partial charge in [-0.3, -0.25) is 9.59 Å². The molecule has 0 fully saturated rings. The Morgan fingerprint density at radius 1 is 1.33 bits per heavy atom. The van der Waals surface area contributed by atoms with Gasteiger partial charge in [0.2, 0.25) is 11.0 Å². The Hall–Kier alpha value is -1.50. The number of hydrogen-bond acceptors (Lipinski definition) is 5. The lowest BCUT2D eigenvalue weighted by molar-refractivity contribution is -0.137. The average molecular weight is 271 g/mol. The number of anilines is 1. The minimum absolute atomic E-state index is 0.0173. The van der Waals surface area contributed by atoms with Crippen LogP contribution in [0.4, 0.5) is 5.13 Å². The van der Waals surface area contributed by atoms with Crippen molar-refractivity contribution in [2.45, 2.75) is 39.5 Å². The van der Waals surface area contributed by atoms with E-state index < -0.39 is 5.97 Å². The number of aliphatic carboxylic acids is 1. The van der Waals surface area contributed by atoms with Gasteiger partial charge in [-0.25, -0.2) is 0 Å². The van der Waals surface area contributed by atoms with Crippen molar-refractivity contribution >= 4 is 28.3 Å². The highest BCUT2D eigenvalue weighted by Crippen LogP contribution is 2.18. The first kappa shape index (κ1) is 14.6. The highest BCUT2D eigenvalue weighted by atomic mass is 32.1. The number of aromatic nitrogens is 2. The first-order valence-electron chi connectivity index (χ1n) is 5.91. The molecule has 0 saturated heterocycles. The van der Waals surface area contributed by atoms with Gasteiger partial charge in [0, 0.05) is 12.3 Å². The smallest absolute Gasteiger partial charge is 0.303 e. The van der Waals surface area contributed by atoms with Crippen molar-refractivity contribution in [1.29, 1.82) is 0 Å². The van der Waals surface area contributed by atoms with Gasteiger partial charge in [-0.2, -0.15) is 0 Å². The van der Waals surface area contributed by atoms with Crippen LogP contribution in [0.25, 0.3) is 0 Å². The Kier molecular flexibility index (Phi) is 5.70. The van der Waals surface area contributed by atoms with Gasteiger partial charge in [-0.15, -0.1) is 10.2 Å². The zero-order valence-electron chi connectivity index (χ0n) is 10.5. The third-order valence-electron chi connectivity index (χ3n) is 2.61. The second kappa shape index (κ2) is 7.05. The van der Waals surface area contributed by atoms with Crippen LogP contribution in [0.15, 0.2) is 0 Å². The molecule has 0 radical (unpaired) electrons. The molecule has 1 amide bonds. The molecule has 0 saturated carbocycles. The van der Waals surface area contributed by atoms with Gasteiger partial charge in [0.15, 0.2) is 0 Å².